The van der Waals surface area contributed by atoms with Crippen LogP contribution in [0.2, 0.25) is 25.7 Å². The maximum absolute atomic E-state index is 13.2. The summed E-state index contributed by atoms with van der Waals surface area (Å²) in [6.45, 7) is 19.7. The molecule has 1 aliphatic heterocycles. The zero-order chi connectivity index (χ0) is 29.1. The molecule has 4 rings (SSSR count). The molecule has 0 bridgehead atoms. The third kappa shape index (κ3) is 7.40. The molecule has 0 radical (unpaired) electrons. The molecule has 4 heterocycles. The monoisotopic (exact) mass is 566 g/mol. The highest BCUT2D eigenvalue weighted by Gasteiger charge is 2.34. The number of piperidine rings is 1. The van der Waals surface area contributed by atoms with Crippen LogP contribution in [0.15, 0.2) is 37.2 Å². The normalized spacial score (nSPS) is 16.5. The van der Waals surface area contributed by atoms with E-state index >= 15 is 0 Å². The topological polar surface area (TPSA) is 85.6 Å². The van der Waals surface area contributed by atoms with E-state index in [1.54, 1.807) is 6.33 Å². The molecule has 1 fully saturated rings. The Hall–Kier alpha value is -2.98. The number of anilines is 1. The van der Waals surface area contributed by atoms with Crippen LogP contribution in [-0.4, -0.2) is 76.0 Å². The van der Waals surface area contributed by atoms with Crippen LogP contribution < -0.4 is 4.90 Å². The van der Waals surface area contributed by atoms with Crippen molar-refractivity contribution in [1.82, 2.24) is 24.4 Å². The van der Waals surface area contributed by atoms with Gasteiger partial charge in [-0.25, -0.2) is 19.7 Å². The van der Waals surface area contributed by atoms with Crippen molar-refractivity contribution in [2.24, 2.45) is 0 Å². The van der Waals surface area contributed by atoms with Crippen LogP contribution >= 0.6 is 0 Å². The van der Waals surface area contributed by atoms with Gasteiger partial charge in [0.2, 0.25) is 0 Å². The molecule has 0 aromatic carbocycles. The van der Waals surface area contributed by atoms with Gasteiger partial charge in [-0.1, -0.05) is 19.6 Å². The molecule has 9 nitrogen and oxygen atoms in total. The summed E-state index contributed by atoms with van der Waals surface area (Å²) in [5.74, 6) is 0. The van der Waals surface area contributed by atoms with Crippen LogP contribution in [-0.2, 0) is 16.2 Å². The van der Waals surface area contributed by atoms with E-state index in [9.17, 15) is 4.79 Å². The third-order valence-corrected chi connectivity index (χ3v) is 8.83. The predicted octanol–water partition coefficient (Wildman–Crippen LogP) is 6.42. The van der Waals surface area contributed by atoms with Crippen LogP contribution in [0, 0.1) is 0 Å². The Kier molecular flexibility index (Phi) is 9.19. The highest BCUT2D eigenvalue weighted by atomic mass is 28.3. The first-order valence-corrected chi connectivity index (χ1v) is 18.1. The maximum Gasteiger partial charge on any atom is 0.410 e. The summed E-state index contributed by atoms with van der Waals surface area (Å²) in [4.78, 5) is 30.9. The van der Waals surface area contributed by atoms with Gasteiger partial charge in [-0.3, -0.25) is 0 Å². The molecular formula is C30H46N6O3Si. The van der Waals surface area contributed by atoms with E-state index in [4.69, 9.17) is 14.5 Å². The van der Waals surface area contributed by atoms with Crippen LogP contribution in [0.25, 0.3) is 22.2 Å². The number of ether oxygens (including phenoxy) is 2. The minimum Gasteiger partial charge on any atom is -0.444 e. The lowest BCUT2D eigenvalue weighted by atomic mass is 10.0. The van der Waals surface area contributed by atoms with Gasteiger partial charge in [0.15, 0.2) is 0 Å². The van der Waals surface area contributed by atoms with Crippen molar-refractivity contribution < 1.29 is 14.3 Å². The Morgan fingerprint density at radius 2 is 1.93 bits per heavy atom. The number of rotatable bonds is 9. The van der Waals surface area contributed by atoms with Crippen LogP contribution in [0.4, 0.5) is 10.5 Å². The van der Waals surface area contributed by atoms with E-state index in [0.717, 1.165) is 66.4 Å². The van der Waals surface area contributed by atoms with Gasteiger partial charge >= 0.3 is 6.09 Å². The van der Waals surface area contributed by atoms with Crippen molar-refractivity contribution in [2.75, 3.05) is 24.6 Å². The maximum atomic E-state index is 13.2. The van der Waals surface area contributed by atoms with Crippen molar-refractivity contribution >= 4 is 30.9 Å². The highest BCUT2D eigenvalue weighted by Crippen LogP contribution is 2.37. The first-order chi connectivity index (χ1) is 18.8. The first-order valence-electron chi connectivity index (χ1n) is 14.4. The molecule has 1 amide bonds. The number of carbonyl (C=O) groups excluding carboxylic acids is 1. The van der Waals surface area contributed by atoms with Gasteiger partial charge in [0.05, 0.1) is 17.1 Å². The molecule has 0 aliphatic carbocycles. The van der Waals surface area contributed by atoms with Gasteiger partial charge in [-0.15, -0.1) is 0 Å². The van der Waals surface area contributed by atoms with Crippen molar-refractivity contribution in [3.63, 3.8) is 0 Å². The fraction of sp³-hybridized carbons (Fsp3) is 0.600. The number of hydrogen-bond donors (Lipinski definition) is 0. The van der Waals surface area contributed by atoms with E-state index in [-0.39, 0.29) is 18.2 Å². The first kappa shape index (κ1) is 30.0. The van der Waals surface area contributed by atoms with Gasteiger partial charge in [0.1, 0.15) is 24.3 Å². The van der Waals surface area contributed by atoms with E-state index in [1.807, 2.05) is 44.3 Å². The number of fused-ring (bicyclic) bond motifs is 1. The smallest absolute Gasteiger partial charge is 0.410 e. The number of amides is 1. The largest absolute Gasteiger partial charge is 0.444 e. The molecule has 0 N–H and O–H groups in total. The number of carbonyl (C=O) groups is 1. The second-order valence-corrected chi connectivity index (χ2v) is 18.9. The molecule has 0 unspecified atom stereocenters. The van der Waals surface area contributed by atoms with Gasteiger partial charge in [0, 0.05) is 69.7 Å². The fourth-order valence-electron chi connectivity index (χ4n) is 5.26. The number of hydrogen-bond acceptors (Lipinski definition) is 7. The number of aromatic nitrogens is 4. The summed E-state index contributed by atoms with van der Waals surface area (Å²) in [5.41, 5.74) is 3.40. The molecule has 3 aromatic heterocycles. The summed E-state index contributed by atoms with van der Waals surface area (Å²) in [5, 5.41) is 1.06. The molecule has 1 aliphatic rings. The van der Waals surface area contributed by atoms with Crippen molar-refractivity contribution in [3.05, 3.63) is 37.2 Å². The Labute approximate surface area is 239 Å². The summed E-state index contributed by atoms with van der Waals surface area (Å²) in [6, 6.07) is 3.27. The molecule has 10 heteroatoms. The fourth-order valence-corrected chi connectivity index (χ4v) is 6.01. The molecule has 3 aromatic rings. The zero-order valence-corrected chi connectivity index (χ0v) is 26.5. The minimum atomic E-state index is -1.18. The average molecular weight is 567 g/mol. The molecule has 0 saturated carbocycles. The lowest BCUT2D eigenvalue weighted by molar-refractivity contribution is 0.00695. The van der Waals surface area contributed by atoms with Gasteiger partial charge in [0.25, 0.3) is 0 Å². The minimum absolute atomic E-state index is 0.0312. The summed E-state index contributed by atoms with van der Waals surface area (Å²) in [6.07, 6.45) is 10.9. The summed E-state index contributed by atoms with van der Waals surface area (Å²) >= 11 is 0. The summed E-state index contributed by atoms with van der Waals surface area (Å²) in [7, 11) is -1.18. The predicted molar refractivity (Wildman–Crippen MR) is 163 cm³/mol. The lowest BCUT2D eigenvalue weighted by Gasteiger charge is -2.42. The van der Waals surface area contributed by atoms with Crippen molar-refractivity contribution in [2.45, 2.75) is 97.6 Å². The Balaban J connectivity index is 1.68. The molecule has 40 heavy (non-hydrogen) atoms. The average Bonchev–Trinajstić information content (AvgIpc) is 3.24. The van der Waals surface area contributed by atoms with E-state index in [0.29, 0.717) is 6.73 Å². The van der Waals surface area contributed by atoms with Gasteiger partial charge < -0.3 is 23.8 Å². The molecule has 1 atom stereocenters. The van der Waals surface area contributed by atoms with Gasteiger partial charge in [-0.2, -0.15) is 0 Å². The van der Waals surface area contributed by atoms with Crippen molar-refractivity contribution in [3.8, 4) is 11.1 Å². The highest BCUT2D eigenvalue weighted by molar-refractivity contribution is 6.76. The zero-order valence-electron chi connectivity index (χ0n) is 25.5. The van der Waals surface area contributed by atoms with Gasteiger partial charge in [-0.05, 0) is 59.6 Å². The quantitative estimate of drug-likeness (QED) is 0.218. The Morgan fingerprint density at radius 3 is 2.58 bits per heavy atom. The Bertz CT molecular complexity index is 1280. The molecule has 0 spiro atoms. The molecule has 1 saturated heterocycles. The lowest BCUT2D eigenvalue weighted by Crippen LogP contribution is -2.54. The van der Waals surface area contributed by atoms with Crippen LogP contribution in [0.1, 0.15) is 47.5 Å². The molecular weight excluding hydrogens is 520 g/mol. The summed E-state index contributed by atoms with van der Waals surface area (Å²) < 4.78 is 14.0. The third-order valence-electron chi connectivity index (χ3n) is 7.12. The second-order valence-electron chi connectivity index (χ2n) is 13.2. The number of nitrogens with zero attached hydrogens (tertiary/aromatic N) is 6. The molecule has 218 valence electrons. The SMILES string of the molecule is CC(C)N(C(=O)OC(C)(C)C)[C@H]1CCCN(c2ccnc3c2c(-c2cncnc2)cn3COCC[Si](C)(C)C)C1. The second kappa shape index (κ2) is 12.3. The van der Waals surface area contributed by atoms with Crippen molar-refractivity contribution in [1.29, 1.82) is 0 Å². The van der Waals surface area contributed by atoms with E-state index in [1.165, 1.54) is 0 Å². The Morgan fingerprint density at radius 1 is 1.20 bits per heavy atom. The van der Waals surface area contributed by atoms with E-state index in [2.05, 4.69) is 65.2 Å². The van der Waals surface area contributed by atoms with Crippen LogP contribution in [0.3, 0.4) is 0 Å². The van der Waals surface area contributed by atoms with Crippen LogP contribution in [0.5, 0.6) is 0 Å². The standard InChI is InChI=1S/C30H46N6O3Si/c1-22(2)36(29(37)39-30(3,4)5)24-10-9-13-34(18-24)26-11-12-33-28-27(26)25(23-16-31-20-32-17-23)19-35(28)21-38-14-15-40(6,7)8/h11-12,16-17,19-20,22,24H,9-10,13-15,18,21H2,1-8H3/t24-/m0/s1. The number of pyridine rings is 1. The van der Waals surface area contributed by atoms with E-state index < -0.39 is 13.7 Å².